The van der Waals surface area contributed by atoms with E-state index in [0.717, 1.165) is 6.20 Å². The molecule has 0 aromatic carbocycles. The van der Waals surface area contributed by atoms with Crippen molar-refractivity contribution in [3.8, 4) is 5.88 Å². The topological polar surface area (TPSA) is 72.3 Å². The molecule has 6 heteroatoms. The number of rotatable bonds is 1. The van der Waals surface area contributed by atoms with Gasteiger partial charge in [0.25, 0.3) is 0 Å². The van der Waals surface area contributed by atoms with Crippen molar-refractivity contribution in [2.75, 3.05) is 0 Å². The Balaban J connectivity index is 2.74. The van der Waals surface area contributed by atoms with Gasteiger partial charge in [-0.25, -0.2) is 14.8 Å². The molecule has 0 amide bonds. The molecule has 0 saturated carbocycles. The average molecular weight is 175 g/mol. The van der Waals surface area contributed by atoms with Gasteiger partial charge in [0.15, 0.2) is 0 Å². The number of aromatic nitrogens is 2. The van der Waals surface area contributed by atoms with Gasteiger partial charge in [-0.1, -0.05) is 11.6 Å². The number of halogens is 1. The second-order valence-corrected chi connectivity index (χ2v) is 1.93. The predicted octanol–water partition coefficient (Wildman–Crippen LogP) is 1.19. The van der Waals surface area contributed by atoms with Crippen molar-refractivity contribution >= 4 is 17.8 Å². The number of hydrogen-bond acceptors (Lipinski definition) is 4. The summed E-state index contributed by atoms with van der Waals surface area (Å²) in [6, 6.07) is 0. The van der Waals surface area contributed by atoms with E-state index in [4.69, 9.17) is 16.7 Å². The maximum atomic E-state index is 9.93. The van der Waals surface area contributed by atoms with E-state index in [1.54, 1.807) is 0 Å². The van der Waals surface area contributed by atoms with Gasteiger partial charge in [-0.2, -0.15) is 0 Å². The standard InChI is InChI=1S/C5H3ClN2O3/c6-3-1-8-4(2-7-3)11-5(9)10/h1-2H,(H,9,10). The largest absolute Gasteiger partial charge is 0.512 e. The summed E-state index contributed by atoms with van der Waals surface area (Å²) < 4.78 is 4.15. The number of nitrogens with zero attached hydrogens (tertiary/aromatic N) is 2. The lowest BCUT2D eigenvalue weighted by atomic mass is 10.7. The van der Waals surface area contributed by atoms with Crippen LogP contribution in [-0.4, -0.2) is 21.2 Å². The monoisotopic (exact) mass is 174 g/mol. The quantitative estimate of drug-likeness (QED) is 0.648. The van der Waals surface area contributed by atoms with Crippen molar-refractivity contribution in [3.63, 3.8) is 0 Å². The summed E-state index contributed by atoms with van der Waals surface area (Å²) in [5.41, 5.74) is 0. The van der Waals surface area contributed by atoms with Gasteiger partial charge in [0, 0.05) is 0 Å². The molecule has 0 spiro atoms. The summed E-state index contributed by atoms with van der Waals surface area (Å²) in [5, 5.41) is 8.30. The predicted molar refractivity (Wildman–Crippen MR) is 35.7 cm³/mol. The molecular formula is C5H3ClN2O3. The fourth-order valence-corrected chi connectivity index (χ4v) is 0.540. The molecule has 1 aromatic rings. The van der Waals surface area contributed by atoms with E-state index in [1.807, 2.05) is 0 Å². The van der Waals surface area contributed by atoms with Crippen LogP contribution in [0.25, 0.3) is 0 Å². The maximum absolute atomic E-state index is 9.93. The highest BCUT2D eigenvalue weighted by Crippen LogP contribution is 2.06. The fraction of sp³-hybridized carbons (Fsp3) is 0. The molecule has 11 heavy (non-hydrogen) atoms. The molecule has 0 bridgehead atoms. The first-order valence-corrected chi connectivity index (χ1v) is 2.94. The minimum absolute atomic E-state index is 0.0955. The summed E-state index contributed by atoms with van der Waals surface area (Å²) in [6.07, 6.45) is 0.887. The Labute approximate surface area is 66.6 Å². The highest BCUT2D eigenvalue weighted by molar-refractivity contribution is 6.29. The molecule has 0 aliphatic rings. The maximum Gasteiger partial charge on any atom is 0.512 e. The minimum atomic E-state index is -1.43. The van der Waals surface area contributed by atoms with Crippen LogP contribution in [0.4, 0.5) is 4.79 Å². The Morgan fingerprint density at radius 3 is 2.73 bits per heavy atom. The normalized spacial score (nSPS) is 9.18. The zero-order valence-electron chi connectivity index (χ0n) is 5.19. The van der Waals surface area contributed by atoms with Crippen LogP contribution in [0.1, 0.15) is 0 Å². The van der Waals surface area contributed by atoms with Crippen molar-refractivity contribution in [2.24, 2.45) is 0 Å². The van der Waals surface area contributed by atoms with Crippen LogP contribution in [0.15, 0.2) is 12.4 Å². The van der Waals surface area contributed by atoms with E-state index in [-0.39, 0.29) is 11.0 Å². The van der Waals surface area contributed by atoms with Crippen LogP contribution in [-0.2, 0) is 0 Å². The van der Waals surface area contributed by atoms with Gasteiger partial charge in [-0.15, -0.1) is 0 Å². The molecule has 0 unspecified atom stereocenters. The first-order chi connectivity index (χ1) is 5.18. The van der Waals surface area contributed by atoms with Crippen molar-refractivity contribution in [3.05, 3.63) is 17.5 Å². The molecule has 0 saturated heterocycles. The SMILES string of the molecule is O=C(O)Oc1cnc(Cl)cn1. The van der Waals surface area contributed by atoms with Gasteiger partial charge in [-0.05, 0) is 0 Å². The van der Waals surface area contributed by atoms with Crippen LogP contribution >= 0.6 is 11.6 Å². The highest BCUT2D eigenvalue weighted by atomic mass is 35.5. The van der Waals surface area contributed by atoms with Crippen molar-refractivity contribution in [1.82, 2.24) is 9.97 Å². The second kappa shape index (κ2) is 3.16. The first kappa shape index (κ1) is 7.74. The van der Waals surface area contributed by atoms with Gasteiger partial charge in [0.2, 0.25) is 5.88 Å². The Kier molecular flexibility index (Phi) is 2.22. The van der Waals surface area contributed by atoms with Gasteiger partial charge in [0.1, 0.15) is 5.15 Å². The summed E-state index contributed by atoms with van der Waals surface area (Å²) in [7, 11) is 0. The van der Waals surface area contributed by atoms with Gasteiger partial charge >= 0.3 is 6.16 Å². The molecule has 1 rings (SSSR count). The van der Waals surface area contributed by atoms with Gasteiger partial charge in [0.05, 0.1) is 12.4 Å². The van der Waals surface area contributed by atoms with Gasteiger partial charge in [-0.3, -0.25) is 0 Å². The molecule has 0 aliphatic heterocycles. The van der Waals surface area contributed by atoms with E-state index >= 15 is 0 Å². The van der Waals surface area contributed by atoms with Crippen LogP contribution < -0.4 is 4.74 Å². The third kappa shape index (κ3) is 2.38. The Morgan fingerprint density at radius 2 is 2.27 bits per heavy atom. The minimum Gasteiger partial charge on any atom is -0.449 e. The third-order valence-electron chi connectivity index (χ3n) is 0.789. The molecule has 0 atom stereocenters. The second-order valence-electron chi connectivity index (χ2n) is 1.55. The molecule has 0 aliphatic carbocycles. The number of carbonyl (C=O) groups is 1. The molecule has 0 fully saturated rings. The molecule has 1 N–H and O–H groups in total. The van der Waals surface area contributed by atoms with Crippen molar-refractivity contribution < 1.29 is 14.6 Å². The highest BCUT2D eigenvalue weighted by Gasteiger charge is 2.01. The smallest absolute Gasteiger partial charge is 0.449 e. The zero-order chi connectivity index (χ0) is 8.27. The van der Waals surface area contributed by atoms with Crippen molar-refractivity contribution in [2.45, 2.75) is 0 Å². The lowest BCUT2D eigenvalue weighted by molar-refractivity contribution is 0.142. The van der Waals surface area contributed by atoms with E-state index < -0.39 is 6.16 Å². The van der Waals surface area contributed by atoms with Crippen LogP contribution in [0.3, 0.4) is 0 Å². The summed E-state index contributed by atoms with van der Waals surface area (Å²) in [6.45, 7) is 0. The Morgan fingerprint density at radius 1 is 1.55 bits per heavy atom. The van der Waals surface area contributed by atoms with E-state index in [2.05, 4.69) is 14.7 Å². The van der Waals surface area contributed by atoms with Crippen LogP contribution in [0.5, 0.6) is 5.88 Å². The third-order valence-corrected chi connectivity index (χ3v) is 0.984. The average Bonchev–Trinajstić information content (AvgIpc) is 1.93. The van der Waals surface area contributed by atoms with E-state index in [0.29, 0.717) is 0 Å². The molecule has 1 heterocycles. The summed E-state index contributed by atoms with van der Waals surface area (Å²) >= 11 is 5.37. The Bertz CT molecular complexity index is 261. The molecular weight excluding hydrogens is 172 g/mol. The number of hydrogen-bond donors (Lipinski definition) is 1. The van der Waals surface area contributed by atoms with E-state index in [9.17, 15) is 4.79 Å². The molecule has 1 aromatic heterocycles. The van der Waals surface area contributed by atoms with Crippen LogP contribution in [0, 0.1) is 0 Å². The van der Waals surface area contributed by atoms with Crippen LogP contribution in [0.2, 0.25) is 5.15 Å². The van der Waals surface area contributed by atoms with Gasteiger partial charge < -0.3 is 9.84 Å². The lowest BCUT2D eigenvalue weighted by Gasteiger charge is -1.95. The summed E-state index contributed by atoms with van der Waals surface area (Å²) in [5.74, 6) is -0.0955. The number of ether oxygens (including phenoxy) is 1. The summed E-state index contributed by atoms with van der Waals surface area (Å²) in [4.78, 5) is 17.0. The Hall–Kier alpha value is -1.36. The molecule has 0 radical (unpaired) electrons. The first-order valence-electron chi connectivity index (χ1n) is 2.57. The molecule has 5 nitrogen and oxygen atoms in total. The lowest BCUT2D eigenvalue weighted by Crippen LogP contribution is -2.04. The fourth-order valence-electron chi connectivity index (χ4n) is 0.443. The zero-order valence-corrected chi connectivity index (χ0v) is 5.95. The van der Waals surface area contributed by atoms with Crippen molar-refractivity contribution in [1.29, 1.82) is 0 Å². The van der Waals surface area contributed by atoms with E-state index in [1.165, 1.54) is 6.20 Å². The number of carboxylic acid groups (broad SMARTS) is 1. The molecule has 58 valence electrons.